The van der Waals surface area contributed by atoms with Crippen molar-refractivity contribution in [2.45, 2.75) is 45.3 Å². The number of para-hydroxylation sites is 1. The van der Waals surface area contributed by atoms with E-state index in [1.54, 1.807) is 18.2 Å². The Morgan fingerprint density at radius 1 is 1.07 bits per heavy atom. The van der Waals surface area contributed by atoms with Crippen molar-refractivity contribution >= 4 is 39.6 Å². The number of fused-ring (bicyclic) bond motifs is 4. The molecular weight excluding hydrogens is 530 g/mol. The Labute approximate surface area is 235 Å². The minimum absolute atomic E-state index is 0.128. The molecule has 0 amide bonds. The molecule has 9 nitrogen and oxygen atoms in total. The summed E-state index contributed by atoms with van der Waals surface area (Å²) in [5, 5.41) is 10.2. The van der Waals surface area contributed by atoms with Gasteiger partial charge in [0.05, 0.1) is 53.4 Å². The third-order valence-corrected chi connectivity index (χ3v) is 8.03. The summed E-state index contributed by atoms with van der Waals surface area (Å²) >= 11 is 6.00. The van der Waals surface area contributed by atoms with Crippen molar-refractivity contribution in [2.24, 2.45) is 0 Å². The highest BCUT2D eigenvalue weighted by Crippen LogP contribution is 2.28. The van der Waals surface area contributed by atoms with Crippen LogP contribution in [-0.2, 0) is 37.5 Å². The molecule has 1 saturated heterocycles. The zero-order valence-electron chi connectivity index (χ0n) is 21.8. The molecular formula is C30H28ClN5O4. The molecule has 2 aromatic heterocycles. The molecule has 0 unspecified atom stereocenters. The highest BCUT2D eigenvalue weighted by molar-refractivity contribution is 6.30. The highest BCUT2D eigenvalue weighted by atomic mass is 35.5. The molecule has 0 spiro atoms. The molecule has 5 aromatic rings. The lowest BCUT2D eigenvalue weighted by molar-refractivity contribution is -0.0592. The molecule has 2 aliphatic heterocycles. The summed E-state index contributed by atoms with van der Waals surface area (Å²) in [5.41, 5.74) is 5.01. The summed E-state index contributed by atoms with van der Waals surface area (Å²) in [5.74, 6) is 1.75. The van der Waals surface area contributed by atoms with Crippen LogP contribution in [0.3, 0.4) is 0 Å². The van der Waals surface area contributed by atoms with Crippen LogP contribution in [-0.4, -0.2) is 54.3 Å². The van der Waals surface area contributed by atoms with Crippen LogP contribution in [0.25, 0.3) is 22.1 Å². The van der Waals surface area contributed by atoms with Crippen molar-refractivity contribution in [1.82, 2.24) is 24.0 Å². The molecule has 10 heteroatoms. The average Bonchev–Trinajstić information content (AvgIpc) is 3.47. The fourth-order valence-electron chi connectivity index (χ4n) is 5.55. The second kappa shape index (κ2) is 10.2. The summed E-state index contributed by atoms with van der Waals surface area (Å²) in [6, 6.07) is 18.7. The quantitative estimate of drug-likeness (QED) is 0.283. The zero-order chi connectivity index (χ0) is 27.2. The van der Waals surface area contributed by atoms with Crippen LogP contribution in [0, 0.1) is 0 Å². The van der Waals surface area contributed by atoms with Crippen molar-refractivity contribution < 1.29 is 19.4 Å². The number of aromatic nitrogens is 4. The van der Waals surface area contributed by atoms with E-state index in [-0.39, 0.29) is 11.7 Å². The normalized spacial score (nSPS) is 17.2. The van der Waals surface area contributed by atoms with Crippen LogP contribution in [0.1, 0.15) is 34.0 Å². The number of benzene rings is 3. The summed E-state index contributed by atoms with van der Waals surface area (Å²) in [4.78, 5) is 23.9. The smallest absolute Gasteiger partial charge is 0.335 e. The van der Waals surface area contributed by atoms with Crippen LogP contribution in [0.2, 0.25) is 5.02 Å². The standard InChI is InChI=1S/C30H28ClN5O4/c31-21-5-7-22(8-6-21)40-18-20-2-1-3-25-29(20)33-28-17-34(11-12-35(25)28)16-27-32-24-9-4-19(30(37)38)14-26(24)36(27)15-23-10-13-39-23/h1-9,14,23H,10-13,15-18H2,(H,37,38)/t23-/m0/s1. The Morgan fingerprint density at radius 3 is 2.70 bits per heavy atom. The van der Waals surface area contributed by atoms with Gasteiger partial charge in [0.2, 0.25) is 0 Å². The molecule has 0 saturated carbocycles. The van der Waals surface area contributed by atoms with Gasteiger partial charge in [0.1, 0.15) is 24.0 Å². The Balaban J connectivity index is 1.14. The summed E-state index contributed by atoms with van der Waals surface area (Å²) in [6.45, 7) is 4.86. The van der Waals surface area contributed by atoms with Crippen LogP contribution in [0.5, 0.6) is 5.75 Å². The van der Waals surface area contributed by atoms with Gasteiger partial charge in [0.15, 0.2) is 0 Å². The third-order valence-electron chi connectivity index (χ3n) is 7.77. The van der Waals surface area contributed by atoms with Crippen molar-refractivity contribution in [2.75, 3.05) is 13.2 Å². The zero-order valence-corrected chi connectivity index (χ0v) is 22.5. The molecule has 0 aliphatic carbocycles. The maximum atomic E-state index is 11.6. The number of hydrogen-bond donors (Lipinski definition) is 1. The predicted octanol–water partition coefficient (Wildman–Crippen LogP) is 5.12. The van der Waals surface area contributed by atoms with E-state index in [1.165, 1.54) is 0 Å². The van der Waals surface area contributed by atoms with Gasteiger partial charge >= 0.3 is 5.97 Å². The highest BCUT2D eigenvalue weighted by Gasteiger charge is 2.26. The van der Waals surface area contributed by atoms with Gasteiger partial charge in [0, 0.05) is 30.3 Å². The molecule has 1 atom stereocenters. The monoisotopic (exact) mass is 557 g/mol. The summed E-state index contributed by atoms with van der Waals surface area (Å²) in [6.07, 6.45) is 1.12. The van der Waals surface area contributed by atoms with Gasteiger partial charge in [-0.1, -0.05) is 23.7 Å². The van der Waals surface area contributed by atoms with Crippen LogP contribution in [0.15, 0.2) is 60.7 Å². The molecule has 2 aliphatic rings. The van der Waals surface area contributed by atoms with Gasteiger partial charge in [-0.2, -0.15) is 0 Å². The van der Waals surface area contributed by atoms with E-state index in [9.17, 15) is 9.90 Å². The molecule has 0 bridgehead atoms. The largest absolute Gasteiger partial charge is 0.489 e. The fourth-order valence-corrected chi connectivity index (χ4v) is 5.68. The molecule has 1 N–H and O–H groups in total. The number of aromatic carboxylic acids is 1. The van der Waals surface area contributed by atoms with E-state index in [0.717, 1.165) is 71.1 Å². The SMILES string of the molecule is O=C(O)c1ccc2nc(CN3CCn4c(nc5c(COc6ccc(Cl)cc6)cccc54)C3)n(C[C@@H]3CCO3)c2c1. The van der Waals surface area contributed by atoms with E-state index in [0.29, 0.717) is 31.3 Å². The summed E-state index contributed by atoms with van der Waals surface area (Å²) in [7, 11) is 0. The lowest BCUT2D eigenvalue weighted by Gasteiger charge is -2.30. The number of ether oxygens (including phenoxy) is 2. The Hall–Kier alpha value is -3.92. The molecule has 7 rings (SSSR count). The lowest BCUT2D eigenvalue weighted by Crippen LogP contribution is -2.35. The number of carbonyl (C=O) groups is 1. The van der Waals surface area contributed by atoms with Crippen LogP contribution < -0.4 is 4.74 Å². The van der Waals surface area contributed by atoms with Crippen molar-refractivity contribution in [3.63, 3.8) is 0 Å². The predicted molar refractivity (Wildman–Crippen MR) is 151 cm³/mol. The van der Waals surface area contributed by atoms with Crippen LogP contribution in [0.4, 0.5) is 0 Å². The topological polar surface area (TPSA) is 94.6 Å². The molecule has 204 valence electrons. The number of rotatable bonds is 8. The first-order valence-electron chi connectivity index (χ1n) is 13.4. The number of carboxylic acids is 1. The van der Waals surface area contributed by atoms with Gasteiger partial charge in [0.25, 0.3) is 0 Å². The first-order valence-corrected chi connectivity index (χ1v) is 13.8. The summed E-state index contributed by atoms with van der Waals surface area (Å²) < 4.78 is 16.2. The Kier molecular flexibility index (Phi) is 6.42. The number of halogens is 1. The second-order valence-corrected chi connectivity index (χ2v) is 10.8. The van der Waals surface area contributed by atoms with Gasteiger partial charge in [-0.15, -0.1) is 0 Å². The van der Waals surface area contributed by atoms with Crippen molar-refractivity contribution in [3.8, 4) is 5.75 Å². The molecule has 3 aromatic carbocycles. The molecule has 40 heavy (non-hydrogen) atoms. The van der Waals surface area contributed by atoms with Gasteiger partial charge < -0.3 is 23.7 Å². The van der Waals surface area contributed by atoms with E-state index in [1.807, 2.05) is 24.3 Å². The van der Waals surface area contributed by atoms with Gasteiger partial charge in [-0.25, -0.2) is 14.8 Å². The molecule has 1 fully saturated rings. The Bertz CT molecular complexity index is 1720. The Morgan fingerprint density at radius 2 is 1.93 bits per heavy atom. The average molecular weight is 558 g/mol. The lowest BCUT2D eigenvalue weighted by atomic mass is 10.1. The van der Waals surface area contributed by atoms with Crippen LogP contribution >= 0.6 is 11.6 Å². The molecule has 4 heterocycles. The van der Waals surface area contributed by atoms with Crippen molar-refractivity contribution in [1.29, 1.82) is 0 Å². The third kappa shape index (κ3) is 4.70. The van der Waals surface area contributed by atoms with E-state index >= 15 is 0 Å². The van der Waals surface area contributed by atoms with E-state index in [2.05, 4.69) is 32.2 Å². The number of hydrogen-bond acceptors (Lipinski definition) is 6. The minimum atomic E-state index is -0.941. The number of carboxylic acid groups (broad SMARTS) is 1. The first kappa shape index (κ1) is 25.1. The maximum Gasteiger partial charge on any atom is 0.335 e. The second-order valence-electron chi connectivity index (χ2n) is 10.3. The fraction of sp³-hybridized carbons (Fsp3) is 0.300. The molecule has 0 radical (unpaired) electrons. The first-order chi connectivity index (χ1) is 19.5. The number of nitrogens with zero attached hydrogens (tertiary/aromatic N) is 5. The van der Waals surface area contributed by atoms with Crippen molar-refractivity contribution in [3.05, 3.63) is 88.5 Å². The van der Waals surface area contributed by atoms with E-state index < -0.39 is 5.97 Å². The van der Waals surface area contributed by atoms with E-state index in [4.69, 9.17) is 31.0 Å². The van der Waals surface area contributed by atoms with Gasteiger partial charge in [-0.05, 0) is 55.0 Å². The number of imidazole rings is 2. The maximum absolute atomic E-state index is 11.6. The minimum Gasteiger partial charge on any atom is -0.489 e. The van der Waals surface area contributed by atoms with Gasteiger partial charge in [-0.3, -0.25) is 4.90 Å².